The summed E-state index contributed by atoms with van der Waals surface area (Å²) in [4.78, 5) is 26.6. The zero-order valence-corrected chi connectivity index (χ0v) is 16.3. The summed E-state index contributed by atoms with van der Waals surface area (Å²) in [6.45, 7) is 6.54. The summed E-state index contributed by atoms with van der Waals surface area (Å²) in [5.41, 5.74) is -0.00749. The average Bonchev–Trinajstić information content (AvgIpc) is 3.01. The highest BCUT2D eigenvalue weighted by Gasteiger charge is 2.23. The number of fused-ring (bicyclic) bond motifs is 1. The normalized spacial score (nSPS) is 15.0. The van der Waals surface area contributed by atoms with Crippen LogP contribution in [0, 0.1) is 6.92 Å². The van der Waals surface area contributed by atoms with Gasteiger partial charge in [0.05, 0.1) is 13.2 Å². The molecule has 0 spiro atoms. The van der Waals surface area contributed by atoms with Crippen molar-refractivity contribution >= 4 is 16.9 Å². The van der Waals surface area contributed by atoms with Crippen LogP contribution in [0.4, 0.5) is 8.78 Å². The second-order valence-corrected chi connectivity index (χ2v) is 6.99. The van der Waals surface area contributed by atoms with E-state index in [0.717, 1.165) is 18.9 Å². The number of hydrogen-bond donors (Lipinski definition) is 0. The molecular weight excluding hydrogens is 370 g/mol. The molecule has 154 valence electrons. The first kappa shape index (κ1) is 20.4. The average molecular weight is 396 g/mol. The maximum absolute atomic E-state index is 13.5. The van der Waals surface area contributed by atoms with Crippen LogP contribution in [0.1, 0.15) is 43.9 Å². The van der Waals surface area contributed by atoms with Crippen molar-refractivity contribution in [2.45, 2.75) is 52.6 Å². The lowest BCUT2D eigenvalue weighted by atomic mass is 10.1. The lowest BCUT2D eigenvalue weighted by Gasteiger charge is -2.27. The predicted octanol–water partition coefficient (Wildman–Crippen LogP) is 2.49. The van der Waals surface area contributed by atoms with Crippen LogP contribution in [-0.2, 0) is 22.6 Å². The summed E-state index contributed by atoms with van der Waals surface area (Å²) >= 11 is 0. The molecule has 1 saturated heterocycles. The number of aromatic nitrogens is 3. The van der Waals surface area contributed by atoms with E-state index in [-0.39, 0.29) is 30.1 Å². The molecule has 3 rings (SSSR count). The Kier molecular flexibility index (Phi) is 6.43. The second kappa shape index (κ2) is 8.81. The van der Waals surface area contributed by atoms with Gasteiger partial charge in [-0.3, -0.25) is 18.8 Å². The molecule has 2 aromatic heterocycles. The highest BCUT2D eigenvalue weighted by molar-refractivity contribution is 5.83. The molecule has 3 heterocycles. The molecule has 0 aromatic carbocycles. The Morgan fingerprint density at radius 2 is 2.00 bits per heavy atom. The number of alkyl halides is 2. The first-order valence-electron chi connectivity index (χ1n) is 9.68. The Morgan fingerprint density at radius 1 is 1.29 bits per heavy atom. The third-order valence-corrected chi connectivity index (χ3v) is 5.15. The predicted molar refractivity (Wildman–Crippen MR) is 101 cm³/mol. The fraction of sp³-hybridized carbons (Fsp3) is 0.632. The largest absolute Gasteiger partial charge is 0.378 e. The van der Waals surface area contributed by atoms with Gasteiger partial charge in [-0.25, -0.2) is 8.78 Å². The summed E-state index contributed by atoms with van der Waals surface area (Å²) in [5, 5.41) is 4.76. The van der Waals surface area contributed by atoms with Crippen molar-refractivity contribution in [1.82, 2.24) is 19.2 Å². The molecule has 1 fully saturated rings. The van der Waals surface area contributed by atoms with Gasteiger partial charge in [-0.1, -0.05) is 13.3 Å². The van der Waals surface area contributed by atoms with E-state index in [4.69, 9.17) is 4.74 Å². The Balaban J connectivity index is 1.94. The first-order chi connectivity index (χ1) is 13.4. The van der Waals surface area contributed by atoms with Crippen LogP contribution in [-0.4, -0.2) is 51.5 Å². The molecular formula is C19H26F2N4O3. The molecule has 0 bridgehead atoms. The number of ether oxygens (including phenoxy) is 1. The van der Waals surface area contributed by atoms with Gasteiger partial charge in [-0.15, -0.1) is 0 Å². The number of hydrogen-bond acceptors (Lipinski definition) is 4. The molecule has 7 nitrogen and oxygen atoms in total. The Labute approximate surface area is 161 Å². The highest BCUT2D eigenvalue weighted by Crippen LogP contribution is 2.29. The Morgan fingerprint density at radius 3 is 2.64 bits per heavy atom. The SMILES string of the molecule is CCCCn1nc2c(c(C(F)F)cc(=O)n2CCC(=O)N2CCOCC2)c1C. The van der Waals surface area contributed by atoms with Gasteiger partial charge in [0.25, 0.3) is 12.0 Å². The van der Waals surface area contributed by atoms with E-state index >= 15 is 0 Å². The molecule has 1 aliphatic heterocycles. The third kappa shape index (κ3) is 4.09. The molecule has 1 amide bonds. The zero-order valence-electron chi connectivity index (χ0n) is 16.3. The molecule has 0 aliphatic carbocycles. The van der Waals surface area contributed by atoms with Crippen molar-refractivity contribution in [3.8, 4) is 0 Å². The van der Waals surface area contributed by atoms with Crippen molar-refractivity contribution in [3.05, 3.63) is 27.7 Å². The lowest BCUT2D eigenvalue weighted by molar-refractivity contribution is -0.135. The number of amides is 1. The number of halogens is 2. The van der Waals surface area contributed by atoms with E-state index in [9.17, 15) is 18.4 Å². The molecule has 0 radical (unpaired) electrons. The maximum atomic E-state index is 13.5. The minimum atomic E-state index is -2.76. The fourth-order valence-electron chi connectivity index (χ4n) is 3.54. The number of rotatable bonds is 7. The van der Waals surface area contributed by atoms with Crippen molar-refractivity contribution in [2.24, 2.45) is 0 Å². The van der Waals surface area contributed by atoms with Gasteiger partial charge in [0.2, 0.25) is 5.91 Å². The summed E-state index contributed by atoms with van der Waals surface area (Å²) in [6.07, 6.45) is -0.844. The van der Waals surface area contributed by atoms with Gasteiger partial charge in [-0.2, -0.15) is 5.10 Å². The van der Waals surface area contributed by atoms with E-state index in [0.29, 0.717) is 43.9 Å². The number of nitrogens with zero attached hydrogens (tertiary/aromatic N) is 4. The maximum Gasteiger partial charge on any atom is 0.264 e. The summed E-state index contributed by atoms with van der Waals surface area (Å²) in [6, 6.07) is 0.977. The van der Waals surface area contributed by atoms with Crippen LogP contribution < -0.4 is 5.56 Å². The Hall–Kier alpha value is -2.29. The Bertz CT molecular complexity index is 901. The van der Waals surface area contributed by atoms with Crippen molar-refractivity contribution in [1.29, 1.82) is 0 Å². The van der Waals surface area contributed by atoms with Crippen LogP contribution >= 0.6 is 0 Å². The molecule has 2 aromatic rings. The van der Waals surface area contributed by atoms with Crippen molar-refractivity contribution < 1.29 is 18.3 Å². The summed E-state index contributed by atoms with van der Waals surface area (Å²) < 4.78 is 35.4. The third-order valence-electron chi connectivity index (χ3n) is 5.15. The van der Waals surface area contributed by atoms with Crippen LogP contribution in [0.15, 0.2) is 10.9 Å². The van der Waals surface area contributed by atoms with Crippen LogP contribution in [0.5, 0.6) is 0 Å². The van der Waals surface area contributed by atoms with Crippen LogP contribution in [0.3, 0.4) is 0 Å². The summed E-state index contributed by atoms with van der Waals surface area (Å²) in [7, 11) is 0. The van der Waals surface area contributed by atoms with E-state index in [2.05, 4.69) is 5.10 Å². The molecule has 0 N–H and O–H groups in total. The van der Waals surface area contributed by atoms with Gasteiger partial charge in [0, 0.05) is 55.3 Å². The number of unbranched alkanes of at least 4 members (excludes halogenated alkanes) is 1. The van der Waals surface area contributed by atoms with Crippen molar-refractivity contribution in [2.75, 3.05) is 26.3 Å². The molecule has 0 atom stereocenters. The van der Waals surface area contributed by atoms with Crippen molar-refractivity contribution in [3.63, 3.8) is 0 Å². The molecule has 0 unspecified atom stereocenters. The van der Waals surface area contributed by atoms with E-state index in [1.165, 1.54) is 4.57 Å². The second-order valence-electron chi connectivity index (χ2n) is 6.99. The standard InChI is InChI=1S/C19H26F2N4O3/c1-3-4-6-25-13(2)17-14(18(20)21)12-16(27)24(19(17)22-25)7-5-15(26)23-8-10-28-11-9-23/h12,18H,3-11H2,1-2H3. The number of carbonyl (C=O) groups excluding carboxylic acids is 1. The molecule has 1 aliphatic rings. The zero-order chi connectivity index (χ0) is 20.3. The minimum absolute atomic E-state index is 0.0802. The van der Waals surface area contributed by atoms with Gasteiger partial charge in [0.1, 0.15) is 0 Å². The van der Waals surface area contributed by atoms with Gasteiger partial charge < -0.3 is 9.64 Å². The van der Waals surface area contributed by atoms with Crippen LogP contribution in [0.2, 0.25) is 0 Å². The highest BCUT2D eigenvalue weighted by atomic mass is 19.3. The molecule has 0 saturated carbocycles. The van der Waals surface area contributed by atoms with Crippen LogP contribution in [0.25, 0.3) is 11.0 Å². The fourth-order valence-corrected chi connectivity index (χ4v) is 3.54. The topological polar surface area (TPSA) is 69.4 Å². The smallest absolute Gasteiger partial charge is 0.264 e. The molecule has 9 heteroatoms. The minimum Gasteiger partial charge on any atom is -0.378 e. The molecule has 28 heavy (non-hydrogen) atoms. The monoisotopic (exact) mass is 396 g/mol. The number of morpholine rings is 1. The van der Waals surface area contributed by atoms with E-state index < -0.39 is 12.0 Å². The van der Waals surface area contributed by atoms with E-state index in [1.54, 1.807) is 16.5 Å². The number of aryl methyl sites for hydroxylation is 3. The summed E-state index contributed by atoms with van der Waals surface area (Å²) in [5.74, 6) is -0.0802. The lowest BCUT2D eigenvalue weighted by Crippen LogP contribution is -2.41. The quantitative estimate of drug-likeness (QED) is 0.721. The number of carbonyl (C=O) groups is 1. The number of pyridine rings is 1. The van der Waals surface area contributed by atoms with Gasteiger partial charge >= 0.3 is 0 Å². The van der Waals surface area contributed by atoms with Gasteiger partial charge in [0.15, 0.2) is 5.65 Å². The first-order valence-corrected chi connectivity index (χ1v) is 9.68. The van der Waals surface area contributed by atoms with Gasteiger partial charge in [-0.05, 0) is 13.3 Å². The van der Waals surface area contributed by atoms with E-state index in [1.807, 2.05) is 6.92 Å².